The number of hydrogen-bond acceptors (Lipinski definition) is 0. The molecule has 0 aromatic heterocycles. The van der Waals surface area contributed by atoms with Gasteiger partial charge in [-0.2, -0.15) is 19.8 Å². The molecule has 8 heavy (non-hydrogen) atoms. The summed E-state index contributed by atoms with van der Waals surface area (Å²) in [6.45, 7) is 0. The second-order valence-corrected chi connectivity index (χ2v) is 1.15. The summed E-state index contributed by atoms with van der Waals surface area (Å²) < 4.78 is 0. The second kappa shape index (κ2) is 7.08. The summed E-state index contributed by atoms with van der Waals surface area (Å²) in [6.07, 6.45) is 0. The summed E-state index contributed by atoms with van der Waals surface area (Å²) in [5, 5.41) is 0. The van der Waals surface area contributed by atoms with Crippen molar-refractivity contribution in [1.82, 2.24) is 0 Å². The second-order valence-electron chi connectivity index (χ2n) is 1.15. The highest BCUT2D eigenvalue weighted by molar-refractivity contribution is 6.92. The third kappa shape index (κ3) is 4.24. The Balaban J connectivity index is 0. The molecule has 0 aliphatic heterocycles. The van der Waals surface area contributed by atoms with Crippen molar-refractivity contribution >= 4 is 19.8 Å². The lowest BCUT2D eigenvalue weighted by atomic mass is 10.4. The molecule has 2 atom stereocenters. The topological polar surface area (TPSA) is 0 Å². The van der Waals surface area contributed by atoms with E-state index in [4.69, 9.17) is 0 Å². The van der Waals surface area contributed by atoms with Gasteiger partial charge in [-0.3, -0.25) is 0 Å². The van der Waals surface area contributed by atoms with Gasteiger partial charge in [0.1, 0.15) is 0 Å². The third-order valence-electron chi connectivity index (χ3n) is 0.667. The zero-order chi connectivity index (χ0) is 4.24. The van der Waals surface area contributed by atoms with Gasteiger partial charge in [-0.25, -0.2) is 0 Å². The first-order valence-corrected chi connectivity index (χ1v) is 2.00. The van der Waals surface area contributed by atoms with Crippen LogP contribution in [-0.4, -0.2) is 0 Å². The first kappa shape index (κ1) is 11.0. The van der Waals surface area contributed by atoms with E-state index in [1.807, 2.05) is 36.4 Å². The Labute approximate surface area is 56.9 Å². The van der Waals surface area contributed by atoms with Crippen LogP contribution in [0.25, 0.3) is 0 Å². The van der Waals surface area contributed by atoms with Gasteiger partial charge in [0, 0.05) is 0 Å². The number of benzene rings is 1. The van der Waals surface area contributed by atoms with Crippen LogP contribution in [0, 0.1) is 0 Å². The maximum atomic E-state index is 2.00. The van der Waals surface area contributed by atoms with E-state index in [1.165, 1.54) is 0 Å². The third-order valence-corrected chi connectivity index (χ3v) is 0.667. The Bertz CT molecular complexity index is 78.5. The van der Waals surface area contributed by atoms with Crippen LogP contribution >= 0.6 is 19.8 Å². The molecule has 1 aromatic rings. The van der Waals surface area contributed by atoms with Crippen LogP contribution in [0.15, 0.2) is 36.4 Å². The lowest BCUT2D eigenvalue weighted by molar-refractivity contribution is 1.72. The van der Waals surface area contributed by atoms with Gasteiger partial charge in [-0.15, -0.1) is 0 Å². The normalized spacial score (nSPS) is 6.00. The molecule has 1 rings (SSSR count). The lowest BCUT2D eigenvalue weighted by Gasteiger charge is -1.69. The molecule has 0 N–H and O–H groups in total. The van der Waals surface area contributed by atoms with Crippen molar-refractivity contribution in [3.63, 3.8) is 0 Å². The first-order chi connectivity index (χ1) is 3.00. The zero-order valence-corrected chi connectivity index (χ0v) is 7.71. The molecular formula is C6H12P2. The van der Waals surface area contributed by atoms with Gasteiger partial charge in [-0.05, 0) is 0 Å². The van der Waals surface area contributed by atoms with Crippen molar-refractivity contribution in [3.05, 3.63) is 36.4 Å². The van der Waals surface area contributed by atoms with E-state index in [0.29, 0.717) is 0 Å². The Morgan fingerprint density at radius 1 is 0.375 bits per heavy atom. The predicted octanol–water partition coefficient (Wildman–Crippen LogP) is 1.80. The highest BCUT2D eigenvalue weighted by Gasteiger charge is 1.57. The molecule has 2 unspecified atom stereocenters. The fourth-order valence-corrected chi connectivity index (χ4v) is 0.385. The quantitative estimate of drug-likeness (QED) is 0.489. The molecule has 0 saturated heterocycles. The van der Waals surface area contributed by atoms with Crippen molar-refractivity contribution in [2.24, 2.45) is 0 Å². The molecular weight excluding hydrogens is 134 g/mol. The van der Waals surface area contributed by atoms with Crippen LogP contribution in [0.5, 0.6) is 0 Å². The minimum atomic E-state index is 0. The smallest absolute Gasteiger partial charge is 0.0623 e. The van der Waals surface area contributed by atoms with Gasteiger partial charge in [0.15, 0.2) is 0 Å². The standard InChI is InChI=1S/C6H6.2H3P/c1-2-4-6-5-3-1;;/h1-6H;2*1H3. The molecule has 0 aliphatic rings. The van der Waals surface area contributed by atoms with Crippen LogP contribution in [0.4, 0.5) is 0 Å². The van der Waals surface area contributed by atoms with Crippen LogP contribution in [0.1, 0.15) is 0 Å². The minimum absolute atomic E-state index is 0. The van der Waals surface area contributed by atoms with Crippen molar-refractivity contribution < 1.29 is 0 Å². The molecule has 0 aliphatic carbocycles. The van der Waals surface area contributed by atoms with Crippen LogP contribution < -0.4 is 0 Å². The van der Waals surface area contributed by atoms with Gasteiger partial charge in [-0.1, -0.05) is 36.4 Å². The van der Waals surface area contributed by atoms with E-state index in [-0.39, 0.29) is 19.8 Å². The van der Waals surface area contributed by atoms with Gasteiger partial charge < -0.3 is 0 Å². The number of hydrogen-bond donors (Lipinski definition) is 0. The lowest BCUT2D eigenvalue weighted by Crippen LogP contribution is -1.47. The van der Waals surface area contributed by atoms with E-state index in [0.717, 1.165) is 0 Å². The van der Waals surface area contributed by atoms with Gasteiger partial charge in [0.05, 0.1) is 0 Å². The van der Waals surface area contributed by atoms with Crippen LogP contribution in [0.2, 0.25) is 0 Å². The molecule has 1 aromatic carbocycles. The van der Waals surface area contributed by atoms with Gasteiger partial charge in [0.25, 0.3) is 0 Å². The monoisotopic (exact) mass is 146 g/mol. The summed E-state index contributed by atoms with van der Waals surface area (Å²) in [6, 6.07) is 12.0. The molecule has 0 radical (unpaired) electrons. The molecule has 0 fully saturated rings. The molecule has 0 spiro atoms. The predicted molar refractivity (Wildman–Crippen MR) is 48.7 cm³/mol. The maximum Gasteiger partial charge on any atom is -0.0623 e. The van der Waals surface area contributed by atoms with E-state index < -0.39 is 0 Å². The molecule has 0 heterocycles. The van der Waals surface area contributed by atoms with Crippen LogP contribution in [-0.2, 0) is 0 Å². The van der Waals surface area contributed by atoms with E-state index in [1.54, 1.807) is 0 Å². The van der Waals surface area contributed by atoms with Gasteiger partial charge >= 0.3 is 0 Å². The van der Waals surface area contributed by atoms with Crippen molar-refractivity contribution in [2.75, 3.05) is 0 Å². The van der Waals surface area contributed by atoms with Crippen molar-refractivity contribution in [1.29, 1.82) is 0 Å². The molecule has 0 bridgehead atoms. The van der Waals surface area contributed by atoms with Crippen molar-refractivity contribution in [2.45, 2.75) is 0 Å². The number of rotatable bonds is 0. The SMILES string of the molecule is P.P.c1ccccc1. The minimum Gasteiger partial charge on any atom is -0.153 e. The molecule has 0 saturated carbocycles. The Hall–Kier alpha value is 0.0800. The first-order valence-electron chi connectivity index (χ1n) is 2.00. The highest BCUT2D eigenvalue weighted by Crippen LogP contribution is 1.79. The fraction of sp³-hybridized carbons (Fsp3) is 0. The Morgan fingerprint density at radius 3 is 0.625 bits per heavy atom. The van der Waals surface area contributed by atoms with Crippen molar-refractivity contribution in [3.8, 4) is 0 Å². The fourth-order valence-electron chi connectivity index (χ4n) is 0.385. The Kier molecular flexibility index (Phi) is 9.70. The molecule has 0 amide bonds. The van der Waals surface area contributed by atoms with E-state index in [9.17, 15) is 0 Å². The van der Waals surface area contributed by atoms with Gasteiger partial charge in [0.2, 0.25) is 0 Å². The van der Waals surface area contributed by atoms with E-state index >= 15 is 0 Å². The van der Waals surface area contributed by atoms with Crippen LogP contribution in [0.3, 0.4) is 0 Å². The largest absolute Gasteiger partial charge is 0.153 e. The summed E-state index contributed by atoms with van der Waals surface area (Å²) >= 11 is 0. The summed E-state index contributed by atoms with van der Waals surface area (Å²) in [4.78, 5) is 0. The highest BCUT2D eigenvalue weighted by atomic mass is 31.0. The average molecular weight is 146 g/mol. The maximum absolute atomic E-state index is 2.00. The Morgan fingerprint density at radius 2 is 0.500 bits per heavy atom. The molecule has 2 heteroatoms. The summed E-state index contributed by atoms with van der Waals surface area (Å²) in [5.41, 5.74) is 0. The molecule has 0 nitrogen and oxygen atoms in total. The summed E-state index contributed by atoms with van der Waals surface area (Å²) in [5.74, 6) is 0. The zero-order valence-electron chi connectivity index (χ0n) is 4.88. The molecule has 46 valence electrons. The summed E-state index contributed by atoms with van der Waals surface area (Å²) in [7, 11) is 0. The van der Waals surface area contributed by atoms with E-state index in [2.05, 4.69) is 0 Å². The average Bonchev–Trinajstić information content (AvgIpc) is 1.72.